The molecule has 0 atom stereocenters. The summed E-state index contributed by atoms with van der Waals surface area (Å²) >= 11 is 6.03. The van der Waals surface area contributed by atoms with E-state index < -0.39 is 5.97 Å². The quantitative estimate of drug-likeness (QED) is 0.666. The predicted molar refractivity (Wildman–Crippen MR) is 116 cm³/mol. The fourth-order valence-corrected chi connectivity index (χ4v) is 3.36. The highest BCUT2D eigenvalue weighted by Gasteiger charge is 2.21. The molecule has 1 amide bonds. The number of nitrogens with one attached hydrogen (secondary N) is 1. The minimum absolute atomic E-state index is 0.303. The number of halogens is 1. The SMILES string of the molecule is CCCOC(=O)c1cc(NC(=O)c2cc(Cl)ccc2OC)ccc1N1CCOCC1. The van der Waals surface area contributed by atoms with Crippen LogP contribution in [0.2, 0.25) is 5.02 Å². The van der Waals surface area contributed by atoms with Crippen LogP contribution in [0.15, 0.2) is 36.4 Å². The second kappa shape index (κ2) is 10.3. The topological polar surface area (TPSA) is 77.1 Å². The Morgan fingerprint density at radius 2 is 1.90 bits per heavy atom. The molecule has 0 radical (unpaired) electrons. The highest BCUT2D eigenvalue weighted by molar-refractivity contribution is 6.31. The third-order valence-corrected chi connectivity index (χ3v) is 4.90. The van der Waals surface area contributed by atoms with E-state index in [1.165, 1.54) is 13.2 Å². The van der Waals surface area contributed by atoms with Crippen LogP contribution in [-0.2, 0) is 9.47 Å². The average Bonchev–Trinajstić information content (AvgIpc) is 2.78. The van der Waals surface area contributed by atoms with Gasteiger partial charge in [0.1, 0.15) is 5.75 Å². The van der Waals surface area contributed by atoms with E-state index in [4.69, 9.17) is 25.8 Å². The van der Waals surface area contributed by atoms with E-state index in [1.807, 2.05) is 13.0 Å². The average molecular weight is 433 g/mol. The minimum atomic E-state index is -0.422. The smallest absolute Gasteiger partial charge is 0.340 e. The summed E-state index contributed by atoms with van der Waals surface area (Å²) in [7, 11) is 1.49. The first-order valence-electron chi connectivity index (χ1n) is 9.82. The normalized spacial score (nSPS) is 13.6. The maximum Gasteiger partial charge on any atom is 0.340 e. The number of methoxy groups -OCH3 is 1. The summed E-state index contributed by atoms with van der Waals surface area (Å²) in [6.45, 7) is 4.81. The number of amides is 1. The summed E-state index contributed by atoms with van der Waals surface area (Å²) in [5, 5.41) is 3.24. The van der Waals surface area contributed by atoms with Gasteiger partial charge in [-0.2, -0.15) is 0 Å². The number of hydrogen-bond acceptors (Lipinski definition) is 6. The number of ether oxygens (including phenoxy) is 3. The maximum absolute atomic E-state index is 12.8. The Labute approximate surface area is 180 Å². The van der Waals surface area contributed by atoms with Crippen LogP contribution in [0.25, 0.3) is 0 Å². The lowest BCUT2D eigenvalue weighted by Crippen LogP contribution is -2.37. The van der Waals surface area contributed by atoms with Gasteiger partial charge in [0.25, 0.3) is 5.91 Å². The van der Waals surface area contributed by atoms with Crippen molar-refractivity contribution in [2.75, 3.05) is 50.2 Å². The zero-order chi connectivity index (χ0) is 21.5. The molecule has 3 rings (SSSR count). The highest BCUT2D eigenvalue weighted by Crippen LogP contribution is 2.28. The van der Waals surface area contributed by atoms with Crippen LogP contribution < -0.4 is 15.0 Å². The summed E-state index contributed by atoms with van der Waals surface area (Å²) < 4.78 is 16.0. The predicted octanol–water partition coefficient (Wildman–Crippen LogP) is 4.00. The number of carbonyl (C=O) groups is 2. The number of carbonyl (C=O) groups excluding carboxylic acids is 2. The molecule has 0 aliphatic carbocycles. The lowest BCUT2D eigenvalue weighted by Gasteiger charge is -2.30. The first-order chi connectivity index (χ1) is 14.5. The summed E-state index contributed by atoms with van der Waals surface area (Å²) in [5.41, 5.74) is 1.94. The number of rotatable bonds is 7. The zero-order valence-corrected chi connectivity index (χ0v) is 17.8. The number of morpholine rings is 1. The van der Waals surface area contributed by atoms with Gasteiger partial charge in [-0.05, 0) is 42.8 Å². The first-order valence-corrected chi connectivity index (χ1v) is 10.2. The Bertz CT molecular complexity index is 912. The second-order valence-electron chi connectivity index (χ2n) is 6.77. The monoisotopic (exact) mass is 432 g/mol. The largest absolute Gasteiger partial charge is 0.496 e. The van der Waals surface area contributed by atoms with Crippen molar-refractivity contribution in [3.05, 3.63) is 52.5 Å². The molecule has 8 heteroatoms. The van der Waals surface area contributed by atoms with Crippen molar-refractivity contribution in [1.82, 2.24) is 0 Å². The molecule has 0 aromatic heterocycles. The van der Waals surface area contributed by atoms with Crippen LogP contribution in [0.3, 0.4) is 0 Å². The van der Waals surface area contributed by atoms with E-state index in [-0.39, 0.29) is 5.91 Å². The number of esters is 1. The molecule has 160 valence electrons. The molecule has 1 aliphatic heterocycles. The highest BCUT2D eigenvalue weighted by atomic mass is 35.5. The van der Waals surface area contributed by atoms with Crippen molar-refractivity contribution >= 4 is 34.9 Å². The van der Waals surface area contributed by atoms with Crippen LogP contribution in [0.4, 0.5) is 11.4 Å². The van der Waals surface area contributed by atoms with Crippen molar-refractivity contribution in [2.45, 2.75) is 13.3 Å². The molecule has 30 heavy (non-hydrogen) atoms. The molecule has 1 heterocycles. The fourth-order valence-electron chi connectivity index (χ4n) is 3.19. The summed E-state index contributed by atoms with van der Waals surface area (Å²) in [6, 6.07) is 10.0. The standard InChI is InChI=1S/C22H25ClN2O5/c1-3-10-30-22(27)17-14-16(5-6-19(17)25-8-11-29-12-9-25)24-21(26)18-13-15(23)4-7-20(18)28-2/h4-7,13-14H,3,8-12H2,1-2H3,(H,24,26). The van der Waals surface area contributed by atoms with E-state index in [0.29, 0.717) is 60.5 Å². The van der Waals surface area contributed by atoms with Gasteiger partial charge in [-0.15, -0.1) is 0 Å². The molecular formula is C22H25ClN2O5. The number of benzene rings is 2. The van der Waals surface area contributed by atoms with Crippen molar-refractivity contribution in [2.24, 2.45) is 0 Å². The van der Waals surface area contributed by atoms with Crippen LogP contribution in [-0.4, -0.2) is 51.9 Å². The van der Waals surface area contributed by atoms with Crippen molar-refractivity contribution < 1.29 is 23.8 Å². The third kappa shape index (κ3) is 5.23. The van der Waals surface area contributed by atoms with E-state index in [9.17, 15) is 9.59 Å². The van der Waals surface area contributed by atoms with Gasteiger partial charge in [0, 0.05) is 23.8 Å². The van der Waals surface area contributed by atoms with Gasteiger partial charge in [-0.25, -0.2) is 4.79 Å². The molecular weight excluding hydrogens is 408 g/mol. The van der Waals surface area contributed by atoms with Crippen LogP contribution in [0.1, 0.15) is 34.1 Å². The Morgan fingerprint density at radius 3 is 2.60 bits per heavy atom. The molecule has 1 saturated heterocycles. The van der Waals surface area contributed by atoms with E-state index in [2.05, 4.69) is 10.2 Å². The molecule has 2 aromatic rings. The van der Waals surface area contributed by atoms with Crippen molar-refractivity contribution in [1.29, 1.82) is 0 Å². The minimum Gasteiger partial charge on any atom is -0.496 e. The van der Waals surface area contributed by atoms with Gasteiger partial charge in [0.15, 0.2) is 0 Å². The third-order valence-electron chi connectivity index (χ3n) is 4.67. The molecule has 2 aromatic carbocycles. The van der Waals surface area contributed by atoms with Crippen molar-refractivity contribution in [3.8, 4) is 5.75 Å². The molecule has 0 bridgehead atoms. The van der Waals surface area contributed by atoms with Gasteiger partial charge < -0.3 is 24.4 Å². The van der Waals surface area contributed by atoms with E-state index in [1.54, 1.807) is 24.3 Å². The van der Waals surface area contributed by atoms with Gasteiger partial charge in [0.05, 0.1) is 43.7 Å². The Hall–Kier alpha value is -2.77. The molecule has 1 fully saturated rings. The molecule has 1 aliphatic rings. The summed E-state index contributed by atoms with van der Waals surface area (Å²) in [6.07, 6.45) is 0.726. The van der Waals surface area contributed by atoms with E-state index >= 15 is 0 Å². The number of hydrogen-bond donors (Lipinski definition) is 1. The van der Waals surface area contributed by atoms with Crippen LogP contribution >= 0.6 is 11.6 Å². The lowest BCUT2D eigenvalue weighted by atomic mass is 10.1. The van der Waals surface area contributed by atoms with Crippen molar-refractivity contribution in [3.63, 3.8) is 0 Å². The number of anilines is 2. The van der Waals surface area contributed by atoms with E-state index in [0.717, 1.165) is 12.1 Å². The molecule has 1 N–H and O–H groups in total. The van der Waals surface area contributed by atoms with Crippen LogP contribution in [0, 0.1) is 0 Å². The molecule has 7 nitrogen and oxygen atoms in total. The number of nitrogens with zero attached hydrogens (tertiary/aromatic N) is 1. The second-order valence-corrected chi connectivity index (χ2v) is 7.20. The maximum atomic E-state index is 12.8. The summed E-state index contributed by atoms with van der Waals surface area (Å²) in [4.78, 5) is 27.6. The van der Waals surface area contributed by atoms with Gasteiger partial charge in [0.2, 0.25) is 0 Å². The first kappa shape index (κ1) is 21.9. The van der Waals surface area contributed by atoms with Gasteiger partial charge in [-0.1, -0.05) is 18.5 Å². The molecule has 0 unspecified atom stereocenters. The van der Waals surface area contributed by atoms with Gasteiger partial charge in [-0.3, -0.25) is 4.79 Å². The Balaban J connectivity index is 1.89. The Kier molecular flexibility index (Phi) is 7.54. The lowest BCUT2D eigenvalue weighted by molar-refractivity contribution is 0.0504. The van der Waals surface area contributed by atoms with Gasteiger partial charge >= 0.3 is 5.97 Å². The zero-order valence-electron chi connectivity index (χ0n) is 17.1. The van der Waals surface area contributed by atoms with Crippen LogP contribution in [0.5, 0.6) is 5.75 Å². The molecule has 0 saturated carbocycles. The fraction of sp³-hybridized carbons (Fsp3) is 0.364. The Morgan fingerprint density at radius 1 is 1.13 bits per heavy atom. The molecule has 0 spiro atoms. The summed E-state index contributed by atoms with van der Waals surface area (Å²) in [5.74, 6) is -0.402.